The highest BCUT2D eigenvalue weighted by Gasteiger charge is 2.29. The summed E-state index contributed by atoms with van der Waals surface area (Å²) >= 11 is 0. The molecular formula is C12H11FN2O4. The first kappa shape index (κ1) is 13.0. The monoisotopic (exact) mass is 266 g/mol. The first-order valence-electron chi connectivity index (χ1n) is 5.54. The smallest absolute Gasteiger partial charge is 0.322 e. The zero-order chi connectivity index (χ0) is 13.8. The summed E-state index contributed by atoms with van der Waals surface area (Å²) in [4.78, 5) is 26.8. The maximum atomic E-state index is 13.0. The molecule has 1 amide bonds. The highest BCUT2D eigenvalue weighted by atomic mass is 19.1. The van der Waals surface area contributed by atoms with E-state index in [1.54, 1.807) is 6.07 Å². The SMILES string of the molecule is O=C(O)CNC(=O)[C@@H]1CC(c2cccc(F)c2)=NO1. The van der Waals surface area contributed by atoms with E-state index in [-0.39, 0.29) is 6.42 Å². The van der Waals surface area contributed by atoms with Gasteiger partial charge in [-0.15, -0.1) is 0 Å². The zero-order valence-electron chi connectivity index (χ0n) is 9.80. The van der Waals surface area contributed by atoms with Crippen molar-refractivity contribution in [2.75, 3.05) is 6.54 Å². The van der Waals surface area contributed by atoms with Crippen LogP contribution in [-0.2, 0) is 14.4 Å². The van der Waals surface area contributed by atoms with Gasteiger partial charge < -0.3 is 15.3 Å². The lowest BCUT2D eigenvalue weighted by Gasteiger charge is -2.07. The number of hydrogen-bond acceptors (Lipinski definition) is 4. The number of rotatable bonds is 4. The molecule has 0 saturated heterocycles. The molecule has 2 rings (SSSR count). The van der Waals surface area contributed by atoms with Crippen LogP contribution in [-0.4, -0.2) is 35.3 Å². The summed E-state index contributed by atoms with van der Waals surface area (Å²) in [6.07, 6.45) is -0.702. The normalized spacial score (nSPS) is 17.5. The van der Waals surface area contributed by atoms with E-state index in [0.29, 0.717) is 11.3 Å². The van der Waals surface area contributed by atoms with Crippen molar-refractivity contribution in [2.24, 2.45) is 5.16 Å². The molecule has 0 aliphatic carbocycles. The Kier molecular flexibility index (Phi) is 3.74. The van der Waals surface area contributed by atoms with E-state index in [2.05, 4.69) is 10.5 Å². The molecule has 0 bridgehead atoms. The fourth-order valence-electron chi connectivity index (χ4n) is 1.63. The second kappa shape index (κ2) is 5.47. The minimum absolute atomic E-state index is 0.176. The Labute approximate surface area is 107 Å². The van der Waals surface area contributed by atoms with Gasteiger partial charge in [-0.2, -0.15) is 0 Å². The van der Waals surface area contributed by atoms with Gasteiger partial charge in [0, 0.05) is 12.0 Å². The van der Waals surface area contributed by atoms with Crippen molar-refractivity contribution in [3.05, 3.63) is 35.6 Å². The third kappa shape index (κ3) is 3.27. The summed E-state index contributed by atoms with van der Waals surface area (Å²) in [5.74, 6) is -2.10. The Morgan fingerprint density at radius 3 is 3.00 bits per heavy atom. The van der Waals surface area contributed by atoms with Crippen molar-refractivity contribution in [1.29, 1.82) is 0 Å². The summed E-state index contributed by atoms with van der Waals surface area (Å²) in [5, 5.41) is 14.4. The number of carboxylic acids is 1. The van der Waals surface area contributed by atoms with Crippen molar-refractivity contribution in [3.63, 3.8) is 0 Å². The van der Waals surface area contributed by atoms with E-state index in [0.717, 1.165) is 0 Å². The van der Waals surface area contributed by atoms with E-state index >= 15 is 0 Å². The second-order valence-electron chi connectivity index (χ2n) is 3.96. The predicted octanol–water partition coefficient (Wildman–Crippen LogP) is 0.519. The lowest BCUT2D eigenvalue weighted by Crippen LogP contribution is -2.37. The molecule has 1 aromatic rings. The van der Waals surface area contributed by atoms with E-state index in [4.69, 9.17) is 9.94 Å². The highest BCUT2D eigenvalue weighted by molar-refractivity contribution is 6.04. The van der Waals surface area contributed by atoms with Crippen molar-refractivity contribution in [3.8, 4) is 0 Å². The molecule has 1 atom stereocenters. The fraction of sp³-hybridized carbons (Fsp3) is 0.250. The molecule has 1 heterocycles. The van der Waals surface area contributed by atoms with E-state index < -0.39 is 30.3 Å². The topological polar surface area (TPSA) is 88.0 Å². The van der Waals surface area contributed by atoms with Gasteiger partial charge in [-0.3, -0.25) is 9.59 Å². The maximum absolute atomic E-state index is 13.0. The van der Waals surface area contributed by atoms with Crippen molar-refractivity contribution in [1.82, 2.24) is 5.32 Å². The number of nitrogens with one attached hydrogen (secondary N) is 1. The van der Waals surface area contributed by atoms with Crippen LogP contribution in [0.4, 0.5) is 4.39 Å². The highest BCUT2D eigenvalue weighted by Crippen LogP contribution is 2.17. The van der Waals surface area contributed by atoms with E-state index in [9.17, 15) is 14.0 Å². The Hall–Kier alpha value is -2.44. The van der Waals surface area contributed by atoms with Gasteiger partial charge in [-0.1, -0.05) is 17.3 Å². The molecule has 6 nitrogen and oxygen atoms in total. The fourth-order valence-corrected chi connectivity index (χ4v) is 1.63. The average molecular weight is 266 g/mol. The van der Waals surface area contributed by atoms with Crippen LogP contribution in [0.3, 0.4) is 0 Å². The average Bonchev–Trinajstić information content (AvgIpc) is 2.85. The molecule has 1 aliphatic heterocycles. The lowest BCUT2D eigenvalue weighted by atomic mass is 10.0. The number of carbonyl (C=O) groups excluding carboxylic acids is 1. The minimum atomic E-state index is -1.14. The summed E-state index contributed by atoms with van der Waals surface area (Å²) in [7, 11) is 0. The number of benzene rings is 1. The van der Waals surface area contributed by atoms with Gasteiger partial charge in [-0.25, -0.2) is 4.39 Å². The second-order valence-corrected chi connectivity index (χ2v) is 3.96. The third-order valence-electron chi connectivity index (χ3n) is 2.53. The van der Waals surface area contributed by atoms with Gasteiger partial charge in [0.25, 0.3) is 5.91 Å². The van der Waals surface area contributed by atoms with Crippen LogP contribution >= 0.6 is 0 Å². The Balaban J connectivity index is 1.95. The molecule has 19 heavy (non-hydrogen) atoms. The quantitative estimate of drug-likeness (QED) is 0.831. The van der Waals surface area contributed by atoms with Crippen LogP contribution in [0.25, 0.3) is 0 Å². The standard InChI is InChI=1S/C12H11FN2O4/c13-8-3-1-2-7(4-8)9-5-10(19-15-9)12(18)14-6-11(16)17/h1-4,10H,5-6H2,(H,14,18)(H,16,17)/t10-/m0/s1. The molecule has 0 radical (unpaired) electrons. The number of oxime groups is 1. The molecule has 7 heteroatoms. The Morgan fingerprint density at radius 2 is 2.32 bits per heavy atom. The predicted molar refractivity (Wildman–Crippen MR) is 63.1 cm³/mol. The summed E-state index contributed by atoms with van der Waals surface area (Å²) in [5.41, 5.74) is 0.989. The van der Waals surface area contributed by atoms with Crippen LogP contribution in [0.15, 0.2) is 29.4 Å². The molecule has 0 fully saturated rings. The minimum Gasteiger partial charge on any atom is -0.480 e. The Morgan fingerprint density at radius 1 is 1.53 bits per heavy atom. The number of carbonyl (C=O) groups is 2. The summed E-state index contributed by atoms with van der Waals surface area (Å²) in [6, 6.07) is 5.78. The van der Waals surface area contributed by atoms with Crippen molar-refractivity contribution < 1.29 is 23.9 Å². The van der Waals surface area contributed by atoms with Crippen molar-refractivity contribution >= 4 is 17.6 Å². The molecule has 1 aliphatic rings. The number of hydrogen-bond donors (Lipinski definition) is 2. The largest absolute Gasteiger partial charge is 0.480 e. The molecule has 0 spiro atoms. The molecule has 0 saturated carbocycles. The van der Waals surface area contributed by atoms with Gasteiger partial charge in [0.05, 0.1) is 5.71 Å². The summed E-state index contributed by atoms with van der Waals surface area (Å²) in [6.45, 7) is -0.478. The van der Waals surface area contributed by atoms with Gasteiger partial charge in [0.1, 0.15) is 12.4 Å². The molecule has 0 aromatic heterocycles. The maximum Gasteiger partial charge on any atom is 0.322 e. The van der Waals surface area contributed by atoms with Gasteiger partial charge in [-0.05, 0) is 12.1 Å². The van der Waals surface area contributed by atoms with Crippen LogP contribution in [0.2, 0.25) is 0 Å². The Bertz CT molecular complexity index is 544. The van der Waals surface area contributed by atoms with Crippen LogP contribution in [0, 0.1) is 5.82 Å². The molecular weight excluding hydrogens is 255 g/mol. The van der Waals surface area contributed by atoms with E-state index in [1.807, 2.05) is 0 Å². The van der Waals surface area contributed by atoms with Gasteiger partial charge in [0.2, 0.25) is 6.10 Å². The number of nitrogens with zero attached hydrogens (tertiary/aromatic N) is 1. The van der Waals surface area contributed by atoms with E-state index in [1.165, 1.54) is 18.2 Å². The lowest BCUT2D eigenvalue weighted by molar-refractivity contribution is -0.140. The zero-order valence-corrected chi connectivity index (χ0v) is 9.80. The first-order valence-corrected chi connectivity index (χ1v) is 5.54. The third-order valence-corrected chi connectivity index (χ3v) is 2.53. The van der Waals surface area contributed by atoms with Crippen LogP contribution in [0.1, 0.15) is 12.0 Å². The number of amides is 1. The summed E-state index contributed by atoms with van der Waals surface area (Å²) < 4.78 is 13.0. The van der Waals surface area contributed by atoms with Crippen LogP contribution in [0.5, 0.6) is 0 Å². The molecule has 1 aromatic carbocycles. The number of carboxylic acid groups (broad SMARTS) is 1. The van der Waals surface area contributed by atoms with Gasteiger partial charge >= 0.3 is 5.97 Å². The van der Waals surface area contributed by atoms with Crippen LogP contribution < -0.4 is 5.32 Å². The first-order chi connectivity index (χ1) is 9.06. The molecule has 0 unspecified atom stereocenters. The molecule has 100 valence electrons. The number of halogens is 1. The van der Waals surface area contributed by atoms with Crippen molar-refractivity contribution in [2.45, 2.75) is 12.5 Å². The number of aliphatic carboxylic acids is 1. The van der Waals surface area contributed by atoms with Gasteiger partial charge in [0.15, 0.2) is 0 Å². The molecule has 2 N–H and O–H groups in total.